The van der Waals surface area contributed by atoms with Crippen LogP contribution in [0.4, 0.5) is 0 Å². The van der Waals surface area contributed by atoms with Crippen LogP contribution in [0.25, 0.3) is 0 Å². The number of hydrogen-bond acceptors (Lipinski definition) is 4. The highest BCUT2D eigenvalue weighted by Crippen LogP contribution is 2.25. The van der Waals surface area contributed by atoms with Crippen LogP contribution in [0.2, 0.25) is 0 Å². The molecule has 1 fully saturated rings. The van der Waals surface area contributed by atoms with Gasteiger partial charge in [-0.25, -0.2) is 9.97 Å². The van der Waals surface area contributed by atoms with Crippen LogP contribution in [0.3, 0.4) is 0 Å². The van der Waals surface area contributed by atoms with Crippen LogP contribution in [-0.2, 0) is 0 Å². The standard InChI is InChI=1S/C15H26N4/c1-4-12(10-16-2)15-17-8-7-14(18-15)13-6-5-9-19(3)11-13/h7-8,12-13,16H,4-6,9-11H2,1-3H3. The van der Waals surface area contributed by atoms with Crippen LogP contribution in [-0.4, -0.2) is 48.6 Å². The van der Waals surface area contributed by atoms with Gasteiger partial charge in [0.1, 0.15) is 5.82 Å². The summed E-state index contributed by atoms with van der Waals surface area (Å²) in [7, 11) is 4.19. The average Bonchev–Trinajstić information content (AvgIpc) is 2.45. The molecular weight excluding hydrogens is 236 g/mol. The fraction of sp³-hybridized carbons (Fsp3) is 0.733. The number of rotatable bonds is 5. The lowest BCUT2D eigenvalue weighted by molar-refractivity contribution is 0.248. The molecule has 1 saturated heterocycles. The molecule has 1 aromatic heterocycles. The van der Waals surface area contributed by atoms with E-state index in [4.69, 9.17) is 4.98 Å². The van der Waals surface area contributed by atoms with Gasteiger partial charge < -0.3 is 10.2 Å². The molecule has 0 radical (unpaired) electrons. The number of nitrogens with zero attached hydrogens (tertiary/aromatic N) is 3. The van der Waals surface area contributed by atoms with Gasteiger partial charge in [-0.2, -0.15) is 0 Å². The minimum atomic E-state index is 0.422. The Morgan fingerprint density at radius 3 is 3.05 bits per heavy atom. The second kappa shape index (κ2) is 6.96. The summed E-state index contributed by atoms with van der Waals surface area (Å²) in [5.74, 6) is 2.00. The maximum absolute atomic E-state index is 4.84. The molecule has 106 valence electrons. The number of nitrogens with one attached hydrogen (secondary N) is 1. The van der Waals surface area contributed by atoms with Crippen LogP contribution in [0.1, 0.15) is 49.5 Å². The Hall–Kier alpha value is -1.00. The van der Waals surface area contributed by atoms with Crippen molar-refractivity contribution in [3.8, 4) is 0 Å². The fourth-order valence-corrected chi connectivity index (χ4v) is 2.88. The van der Waals surface area contributed by atoms with Gasteiger partial charge in [0.2, 0.25) is 0 Å². The number of likely N-dealkylation sites (tertiary alicyclic amines) is 1. The van der Waals surface area contributed by atoms with Crippen molar-refractivity contribution >= 4 is 0 Å². The van der Waals surface area contributed by atoms with Crippen LogP contribution < -0.4 is 5.32 Å². The van der Waals surface area contributed by atoms with Gasteiger partial charge in [-0.1, -0.05) is 6.92 Å². The van der Waals surface area contributed by atoms with Gasteiger partial charge in [-0.05, 0) is 46.0 Å². The zero-order valence-electron chi connectivity index (χ0n) is 12.4. The van der Waals surface area contributed by atoms with Gasteiger partial charge in [0.25, 0.3) is 0 Å². The van der Waals surface area contributed by atoms with Crippen LogP contribution in [0.15, 0.2) is 12.3 Å². The summed E-state index contributed by atoms with van der Waals surface area (Å²) < 4.78 is 0. The Labute approximate surface area is 116 Å². The summed E-state index contributed by atoms with van der Waals surface area (Å²) in [5, 5.41) is 3.24. The van der Waals surface area contributed by atoms with E-state index in [0.717, 1.165) is 25.3 Å². The first kappa shape index (κ1) is 14.4. The van der Waals surface area contributed by atoms with Gasteiger partial charge in [0, 0.05) is 36.8 Å². The van der Waals surface area contributed by atoms with E-state index in [1.807, 2.05) is 13.2 Å². The normalized spacial score (nSPS) is 22.4. The van der Waals surface area contributed by atoms with Crippen molar-refractivity contribution in [1.82, 2.24) is 20.2 Å². The molecule has 0 spiro atoms. The zero-order chi connectivity index (χ0) is 13.7. The molecule has 4 nitrogen and oxygen atoms in total. The minimum Gasteiger partial charge on any atom is -0.319 e. The largest absolute Gasteiger partial charge is 0.319 e. The minimum absolute atomic E-state index is 0.422. The second-order valence-corrected chi connectivity index (χ2v) is 5.60. The van der Waals surface area contributed by atoms with Crippen molar-refractivity contribution < 1.29 is 0 Å². The smallest absolute Gasteiger partial charge is 0.132 e. The third kappa shape index (κ3) is 3.74. The maximum atomic E-state index is 4.84. The topological polar surface area (TPSA) is 41.1 Å². The molecule has 2 rings (SSSR count). The quantitative estimate of drug-likeness (QED) is 0.881. The molecule has 1 aliphatic heterocycles. The highest BCUT2D eigenvalue weighted by atomic mass is 15.1. The molecule has 4 heteroatoms. The van der Waals surface area contributed by atoms with Gasteiger partial charge in [0.05, 0.1) is 0 Å². The van der Waals surface area contributed by atoms with Crippen molar-refractivity contribution in [2.75, 3.05) is 33.7 Å². The van der Waals surface area contributed by atoms with Crippen LogP contribution in [0, 0.1) is 0 Å². The third-order valence-corrected chi connectivity index (χ3v) is 4.05. The highest BCUT2D eigenvalue weighted by Gasteiger charge is 2.21. The average molecular weight is 262 g/mol. The molecule has 0 saturated carbocycles. The molecule has 0 bridgehead atoms. The predicted octanol–water partition coefficient (Wildman–Crippen LogP) is 2.00. The van der Waals surface area contributed by atoms with Gasteiger partial charge >= 0.3 is 0 Å². The Morgan fingerprint density at radius 2 is 2.37 bits per heavy atom. The molecular formula is C15H26N4. The van der Waals surface area contributed by atoms with Gasteiger partial charge in [-0.3, -0.25) is 0 Å². The summed E-state index contributed by atoms with van der Waals surface area (Å²) in [6, 6.07) is 2.10. The Balaban J connectivity index is 2.13. The van der Waals surface area contributed by atoms with Crippen molar-refractivity contribution in [1.29, 1.82) is 0 Å². The van der Waals surface area contributed by atoms with E-state index in [-0.39, 0.29) is 0 Å². The molecule has 19 heavy (non-hydrogen) atoms. The van der Waals surface area contributed by atoms with E-state index in [1.54, 1.807) is 0 Å². The van der Waals surface area contributed by atoms with Crippen molar-refractivity contribution in [2.45, 2.75) is 38.0 Å². The van der Waals surface area contributed by atoms with E-state index in [9.17, 15) is 0 Å². The number of likely N-dealkylation sites (N-methyl/N-ethyl adjacent to an activating group) is 2. The summed E-state index contributed by atoms with van der Waals surface area (Å²) in [6.07, 6.45) is 5.54. The molecule has 0 aromatic carbocycles. The van der Waals surface area contributed by atoms with E-state index in [1.165, 1.54) is 25.1 Å². The second-order valence-electron chi connectivity index (χ2n) is 5.60. The first-order chi connectivity index (χ1) is 9.24. The van der Waals surface area contributed by atoms with Crippen molar-refractivity contribution in [3.05, 3.63) is 23.8 Å². The number of hydrogen-bond donors (Lipinski definition) is 1. The molecule has 0 amide bonds. The molecule has 2 unspecified atom stereocenters. The lowest BCUT2D eigenvalue weighted by Crippen LogP contribution is -2.31. The first-order valence-electron chi connectivity index (χ1n) is 7.40. The Kier molecular flexibility index (Phi) is 5.28. The summed E-state index contributed by atoms with van der Waals surface area (Å²) in [6.45, 7) is 5.49. The summed E-state index contributed by atoms with van der Waals surface area (Å²) in [4.78, 5) is 11.7. The number of aromatic nitrogens is 2. The summed E-state index contributed by atoms with van der Waals surface area (Å²) >= 11 is 0. The lowest BCUT2D eigenvalue weighted by atomic mass is 9.94. The van der Waals surface area contributed by atoms with E-state index in [0.29, 0.717) is 11.8 Å². The molecule has 1 N–H and O–H groups in total. The SMILES string of the molecule is CCC(CNC)c1nccc(C2CCCN(C)C2)n1. The van der Waals surface area contributed by atoms with Crippen LogP contribution in [0.5, 0.6) is 0 Å². The molecule has 1 aliphatic rings. The Morgan fingerprint density at radius 1 is 1.53 bits per heavy atom. The monoisotopic (exact) mass is 262 g/mol. The van der Waals surface area contributed by atoms with Crippen molar-refractivity contribution in [2.24, 2.45) is 0 Å². The third-order valence-electron chi connectivity index (χ3n) is 4.05. The van der Waals surface area contributed by atoms with Crippen molar-refractivity contribution in [3.63, 3.8) is 0 Å². The molecule has 2 atom stereocenters. The van der Waals surface area contributed by atoms with Gasteiger partial charge in [0.15, 0.2) is 0 Å². The molecule has 1 aromatic rings. The lowest BCUT2D eigenvalue weighted by Gasteiger charge is -2.29. The Bertz CT molecular complexity index is 393. The summed E-state index contributed by atoms with van der Waals surface area (Å²) in [5.41, 5.74) is 1.23. The van der Waals surface area contributed by atoms with Crippen LogP contribution >= 0.6 is 0 Å². The predicted molar refractivity (Wildman–Crippen MR) is 78.5 cm³/mol. The van der Waals surface area contributed by atoms with E-state index < -0.39 is 0 Å². The van der Waals surface area contributed by atoms with E-state index >= 15 is 0 Å². The van der Waals surface area contributed by atoms with Gasteiger partial charge in [-0.15, -0.1) is 0 Å². The highest BCUT2D eigenvalue weighted by molar-refractivity contribution is 5.12. The molecule has 2 heterocycles. The molecule has 0 aliphatic carbocycles. The zero-order valence-corrected chi connectivity index (χ0v) is 12.4. The first-order valence-corrected chi connectivity index (χ1v) is 7.40. The van der Waals surface area contributed by atoms with E-state index in [2.05, 4.69) is 35.2 Å². The maximum Gasteiger partial charge on any atom is 0.132 e. The number of piperidine rings is 1. The fourth-order valence-electron chi connectivity index (χ4n) is 2.88.